The van der Waals surface area contributed by atoms with Gasteiger partial charge in [-0.25, -0.2) is 4.79 Å². The van der Waals surface area contributed by atoms with Crippen LogP contribution in [-0.4, -0.2) is 8.42 Å². The molecule has 0 bridgehead atoms. The third-order valence-electron chi connectivity index (χ3n) is 3.41. The highest BCUT2D eigenvalue weighted by molar-refractivity contribution is 7.84. The predicted octanol–water partition coefficient (Wildman–Crippen LogP) is 1.25. The van der Waals surface area contributed by atoms with Gasteiger partial charge in [-0.1, -0.05) is 0 Å². The van der Waals surface area contributed by atoms with E-state index in [1.807, 2.05) is 0 Å². The maximum absolute atomic E-state index is 11.9. The zero-order valence-corrected chi connectivity index (χ0v) is 11.4. The molecule has 1 heterocycles. The van der Waals surface area contributed by atoms with Crippen molar-refractivity contribution in [3.05, 3.63) is 39.7 Å². The minimum atomic E-state index is -4.09. The Labute approximate surface area is 115 Å². The first-order valence-electron chi connectivity index (χ1n) is 6.25. The fraction of sp³-hybridized carbons (Fsp3) is 0.308. The summed E-state index contributed by atoms with van der Waals surface area (Å²) in [6.07, 6.45) is 3.56. The number of hydrogen-bond acceptors (Lipinski definition) is 5. The Balaban J connectivity index is 2.19. The van der Waals surface area contributed by atoms with Gasteiger partial charge in [0.2, 0.25) is 0 Å². The molecular formula is C13H13NO5S. The van der Waals surface area contributed by atoms with Crippen LogP contribution in [0, 0.1) is 0 Å². The van der Waals surface area contributed by atoms with E-state index in [0.29, 0.717) is 5.58 Å². The van der Waals surface area contributed by atoms with E-state index in [1.165, 1.54) is 12.1 Å². The monoisotopic (exact) mass is 295 g/mol. The molecular weight excluding hydrogens is 282 g/mol. The van der Waals surface area contributed by atoms with E-state index in [2.05, 4.69) is 4.18 Å². The van der Waals surface area contributed by atoms with Crippen LogP contribution >= 0.6 is 0 Å². The molecule has 106 valence electrons. The second-order valence-electron chi connectivity index (χ2n) is 4.79. The summed E-state index contributed by atoms with van der Waals surface area (Å²) in [5, 5.41) is 5.63. The van der Waals surface area contributed by atoms with Gasteiger partial charge in [-0.2, -0.15) is 13.6 Å². The molecule has 2 N–H and O–H groups in total. The van der Waals surface area contributed by atoms with Crippen LogP contribution in [0.3, 0.4) is 0 Å². The van der Waals surface area contributed by atoms with Crippen molar-refractivity contribution < 1.29 is 17.0 Å². The lowest BCUT2D eigenvalue weighted by Crippen LogP contribution is -2.19. The van der Waals surface area contributed by atoms with Gasteiger partial charge in [0.25, 0.3) is 0 Å². The Morgan fingerprint density at radius 1 is 1.15 bits per heavy atom. The average Bonchev–Trinajstić information content (AvgIpc) is 2.37. The highest BCUT2D eigenvalue weighted by Crippen LogP contribution is 2.29. The van der Waals surface area contributed by atoms with Gasteiger partial charge in [-0.3, -0.25) is 0 Å². The fourth-order valence-corrected chi connectivity index (χ4v) is 2.98. The van der Waals surface area contributed by atoms with Crippen LogP contribution in [0.25, 0.3) is 11.0 Å². The van der Waals surface area contributed by atoms with Gasteiger partial charge >= 0.3 is 15.9 Å². The van der Waals surface area contributed by atoms with Crippen molar-refractivity contribution in [2.75, 3.05) is 0 Å². The van der Waals surface area contributed by atoms with Gasteiger partial charge in [0.05, 0.1) is 0 Å². The minimum Gasteiger partial charge on any atom is -0.422 e. The molecule has 20 heavy (non-hydrogen) atoms. The van der Waals surface area contributed by atoms with Crippen molar-refractivity contribution >= 4 is 21.3 Å². The van der Waals surface area contributed by atoms with Gasteiger partial charge in [0.1, 0.15) is 11.3 Å². The van der Waals surface area contributed by atoms with Crippen LogP contribution in [0.1, 0.15) is 24.0 Å². The number of nitrogens with two attached hydrogens (primary N) is 1. The third-order valence-corrected chi connectivity index (χ3v) is 3.83. The Morgan fingerprint density at radius 3 is 2.55 bits per heavy atom. The predicted molar refractivity (Wildman–Crippen MR) is 72.9 cm³/mol. The van der Waals surface area contributed by atoms with Gasteiger partial charge < -0.3 is 8.60 Å². The smallest absolute Gasteiger partial charge is 0.380 e. The Kier molecular flexibility index (Phi) is 3.02. The molecule has 0 fully saturated rings. The third kappa shape index (κ3) is 2.41. The molecule has 1 aliphatic rings. The Hall–Kier alpha value is -1.86. The number of aryl methyl sites for hydroxylation is 1. The summed E-state index contributed by atoms with van der Waals surface area (Å²) in [5.74, 6) is 0.0268. The van der Waals surface area contributed by atoms with E-state index in [9.17, 15) is 13.2 Å². The van der Waals surface area contributed by atoms with Gasteiger partial charge in [0, 0.05) is 17.0 Å². The number of benzene rings is 1. The maximum Gasteiger partial charge on any atom is 0.380 e. The molecule has 0 aliphatic heterocycles. The summed E-state index contributed by atoms with van der Waals surface area (Å²) in [5.41, 5.74) is 1.67. The largest absolute Gasteiger partial charge is 0.422 e. The lowest BCUT2D eigenvalue weighted by molar-refractivity contribution is 0.486. The number of fused-ring (bicyclic) bond motifs is 3. The van der Waals surface area contributed by atoms with Gasteiger partial charge in [-0.05, 0) is 43.4 Å². The highest BCUT2D eigenvalue weighted by Gasteiger charge is 2.18. The molecule has 2 aromatic rings. The summed E-state index contributed by atoms with van der Waals surface area (Å²) in [6.45, 7) is 0. The van der Waals surface area contributed by atoms with Crippen LogP contribution in [-0.2, 0) is 23.1 Å². The SMILES string of the molecule is NS(=O)(=O)Oc1ccc2c3c(c(=O)oc2c1)CCCC3. The van der Waals surface area contributed by atoms with E-state index in [-0.39, 0.29) is 11.4 Å². The van der Waals surface area contributed by atoms with Gasteiger partial charge in [0.15, 0.2) is 0 Å². The molecule has 0 saturated carbocycles. The van der Waals surface area contributed by atoms with Crippen LogP contribution in [0.15, 0.2) is 27.4 Å². The second-order valence-corrected chi connectivity index (χ2v) is 5.94. The van der Waals surface area contributed by atoms with Crippen molar-refractivity contribution in [1.82, 2.24) is 0 Å². The van der Waals surface area contributed by atoms with Crippen LogP contribution < -0.4 is 14.9 Å². The van der Waals surface area contributed by atoms with E-state index in [4.69, 9.17) is 9.56 Å². The molecule has 1 aromatic heterocycles. The molecule has 6 nitrogen and oxygen atoms in total. The Morgan fingerprint density at radius 2 is 1.85 bits per heavy atom. The number of rotatable bonds is 2. The highest BCUT2D eigenvalue weighted by atomic mass is 32.2. The van der Waals surface area contributed by atoms with Crippen molar-refractivity contribution in [1.29, 1.82) is 0 Å². The lowest BCUT2D eigenvalue weighted by atomic mass is 9.91. The summed E-state index contributed by atoms with van der Waals surface area (Å²) in [7, 11) is -4.09. The topological polar surface area (TPSA) is 99.6 Å². The normalized spacial score (nSPS) is 15.1. The molecule has 1 aliphatic carbocycles. The van der Waals surface area contributed by atoms with Gasteiger partial charge in [-0.15, -0.1) is 0 Å². The zero-order valence-electron chi connectivity index (χ0n) is 10.6. The first-order chi connectivity index (χ1) is 9.44. The number of hydrogen-bond donors (Lipinski definition) is 1. The van der Waals surface area contributed by atoms with Crippen LogP contribution in [0.2, 0.25) is 0 Å². The first-order valence-corrected chi connectivity index (χ1v) is 7.72. The standard InChI is InChI=1S/C13H13NO5S/c14-20(16,17)19-8-5-6-10-9-3-1-2-4-11(9)13(15)18-12(10)7-8/h5-7H,1-4H2,(H2,14,16,17). The second kappa shape index (κ2) is 4.60. The molecule has 7 heteroatoms. The van der Waals surface area contributed by atoms with E-state index >= 15 is 0 Å². The van der Waals surface area contributed by atoms with Crippen molar-refractivity contribution in [3.63, 3.8) is 0 Å². The molecule has 0 saturated heterocycles. The summed E-state index contributed by atoms with van der Waals surface area (Å²) < 4.78 is 31.6. The summed E-state index contributed by atoms with van der Waals surface area (Å²) in [6, 6.07) is 4.57. The van der Waals surface area contributed by atoms with Crippen LogP contribution in [0.4, 0.5) is 0 Å². The minimum absolute atomic E-state index is 0.0268. The van der Waals surface area contributed by atoms with Crippen molar-refractivity contribution in [2.24, 2.45) is 5.14 Å². The molecule has 1 aromatic carbocycles. The molecule has 0 spiro atoms. The van der Waals surface area contributed by atoms with Crippen molar-refractivity contribution in [3.8, 4) is 5.75 Å². The van der Waals surface area contributed by atoms with E-state index in [1.54, 1.807) is 6.07 Å². The lowest BCUT2D eigenvalue weighted by Gasteiger charge is -2.16. The Bertz CT molecular complexity index is 838. The average molecular weight is 295 g/mol. The molecule has 3 rings (SSSR count). The maximum atomic E-state index is 11.9. The van der Waals surface area contributed by atoms with E-state index < -0.39 is 10.3 Å². The quantitative estimate of drug-likeness (QED) is 0.841. The molecule has 0 amide bonds. The fourth-order valence-electron chi connectivity index (χ4n) is 2.61. The van der Waals surface area contributed by atoms with Crippen molar-refractivity contribution in [2.45, 2.75) is 25.7 Å². The molecule has 0 atom stereocenters. The van der Waals surface area contributed by atoms with E-state index in [0.717, 1.165) is 42.2 Å². The zero-order chi connectivity index (χ0) is 14.3. The summed E-state index contributed by atoms with van der Waals surface area (Å²) >= 11 is 0. The molecule has 0 unspecified atom stereocenters. The van der Waals surface area contributed by atoms with Crippen LogP contribution in [0.5, 0.6) is 5.75 Å². The summed E-state index contributed by atoms with van der Waals surface area (Å²) in [4.78, 5) is 11.9. The molecule has 0 radical (unpaired) electrons. The first kappa shape index (κ1) is 13.1.